The van der Waals surface area contributed by atoms with Gasteiger partial charge >= 0.3 is 12.2 Å². The molecular weight excluding hydrogens is 232 g/mol. The maximum Gasteiger partial charge on any atom is 0.325 e. The standard InChI is InChI=1S/C12H14N4O2/c1-2-10(11(17)8-14-13)16-12(18)15-9-6-4-3-5-7-9/h3-8,10H,2H2,1H3,(H2,15,16,18). The molecule has 6 nitrogen and oxygen atoms in total. The number of carbonyl (C=O) groups excluding carboxylic acids is 2. The first-order chi connectivity index (χ1) is 8.67. The van der Waals surface area contributed by atoms with E-state index in [2.05, 4.69) is 15.4 Å². The molecule has 0 radical (unpaired) electrons. The molecule has 0 saturated carbocycles. The third-order valence-corrected chi connectivity index (χ3v) is 2.27. The summed E-state index contributed by atoms with van der Waals surface area (Å²) >= 11 is 0. The van der Waals surface area contributed by atoms with Crippen LogP contribution in [0, 0.1) is 0 Å². The first-order valence-electron chi connectivity index (χ1n) is 5.51. The van der Waals surface area contributed by atoms with Crippen LogP contribution in [-0.4, -0.2) is 28.9 Å². The Morgan fingerprint density at radius 3 is 2.61 bits per heavy atom. The first kappa shape index (κ1) is 13.6. The maximum absolute atomic E-state index is 11.6. The molecule has 0 aliphatic heterocycles. The van der Waals surface area contributed by atoms with Crippen LogP contribution in [0.15, 0.2) is 30.3 Å². The number of anilines is 1. The minimum atomic E-state index is -0.704. The van der Waals surface area contributed by atoms with Gasteiger partial charge in [0, 0.05) is 5.69 Å². The molecule has 0 fully saturated rings. The van der Waals surface area contributed by atoms with Crippen LogP contribution < -0.4 is 10.6 Å². The van der Waals surface area contributed by atoms with Crippen molar-refractivity contribution in [1.29, 1.82) is 0 Å². The third kappa shape index (κ3) is 4.19. The van der Waals surface area contributed by atoms with Crippen molar-refractivity contribution in [3.8, 4) is 0 Å². The molecule has 0 aliphatic carbocycles. The fourth-order valence-corrected chi connectivity index (χ4v) is 1.37. The van der Waals surface area contributed by atoms with Gasteiger partial charge < -0.3 is 16.2 Å². The van der Waals surface area contributed by atoms with Gasteiger partial charge in [0.25, 0.3) is 5.78 Å². The lowest BCUT2D eigenvalue weighted by Gasteiger charge is -2.13. The third-order valence-electron chi connectivity index (χ3n) is 2.27. The SMILES string of the molecule is CCC(NC(=O)Nc1ccccc1)C(=O)C=[N+]=[N-]. The maximum atomic E-state index is 11.6. The first-order valence-corrected chi connectivity index (χ1v) is 5.51. The van der Waals surface area contributed by atoms with E-state index in [1.54, 1.807) is 31.2 Å². The van der Waals surface area contributed by atoms with Crippen LogP contribution in [0.5, 0.6) is 0 Å². The molecule has 94 valence electrons. The molecule has 1 aromatic carbocycles. The molecule has 0 bridgehead atoms. The lowest BCUT2D eigenvalue weighted by atomic mass is 10.1. The Bertz CT molecular complexity index is 466. The van der Waals surface area contributed by atoms with Crippen molar-refractivity contribution in [2.45, 2.75) is 19.4 Å². The van der Waals surface area contributed by atoms with E-state index in [1.807, 2.05) is 6.07 Å². The van der Waals surface area contributed by atoms with Gasteiger partial charge in [0.1, 0.15) is 6.04 Å². The minimum Gasteiger partial charge on any atom is -0.361 e. The Hall–Kier alpha value is -2.46. The number of carbonyl (C=O) groups is 2. The van der Waals surface area contributed by atoms with Crippen LogP contribution in [0.25, 0.3) is 5.53 Å². The summed E-state index contributed by atoms with van der Waals surface area (Å²) in [5.41, 5.74) is 8.90. The van der Waals surface area contributed by atoms with Crippen LogP contribution in [-0.2, 0) is 4.79 Å². The summed E-state index contributed by atoms with van der Waals surface area (Å²) in [7, 11) is 0. The molecular formula is C12H14N4O2. The van der Waals surface area contributed by atoms with Crippen molar-refractivity contribution in [2.24, 2.45) is 0 Å². The number of nitrogens with zero attached hydrogens (tertiary/aromatic N) is 2. The number of urea groups is 1. The zero-order chi connectivity index (χ0) is 13.4. The second-order valence-corrected chi connectivity index (χ2v) is 3.57. The number of Topliss-reactive ketones (excluding diaryl/α,β-unsaturated/α-hetero) is 1. The van der Waals surface area contributed by atoms with Crippen LogP contribution in [0.3, 0.4) is 0 Å². The fourth-order valence-electron chi connectivity index (χ4n) is 1.37. The smallest absolute Gasteiger partial charge is 0.325 e. The summed E-state index contributed by atoms with van der Waals surface area (Å²) in [5, 5.41) is 5.09. The normalized spacial score (nSPS) is 10.9. The second-order valence-electron chi connectivity index (χ2n) is 3.57. The van der Waals surface area contributed by atoms with E-state index in [0.29, 0.717) is 12.1 Å². The summed E-state index contributed by atoms with van der Waals surface area (Å²) in [6.45, 7) is 1.75. The predicted molar refractivity (Wildman–Crippen MR) is 67.4 cm³/mol. The van der Waals surface area contributed by atoms with Gasteiger partial charge in [-0.1, -0.05) is 25.1 Å². The van der Waals surface area contributed by atoms with Crippen LogP contribution in [0.4, 0.5) is 10.5 Å². The fraction of sp³-hybridized carbons (Fsp3) is 0.250. The van der Waals surface area contributed by atoms with Crippen molar-refractivity contribution >= 4 is 23.7 Å². The van der Waals surface area contributed by atoms with E-state index >= 15 is 0 Å². The Balaban J connectivity index is 2.58. The van der Waals surface area contributed by atoms with Gasteiger partial charge in [0.15, 0.2) is 0 Å². The number of hydrogen-bond donors (Lipinski definition) is 2. The lowest BCUT2D eigenvalue weighted by molar-refractivity contribution is -0.117. The van der Waals surface area contributed by atoms with E-state index < -0.39 is 17.9 Å². The second kappa shape index (κ2) is 6.98. The van der Waals surface area contributed by atoms with E-state index in [0.717, 1.165) is 6.21 Å². The minimum absolute atomic E-state index is 0.410. The van der Waals surface area contributed by atoms with Gasteiger partial charge in [-0.3, -0.25) is 4.79 Å². The molecule has 1 aromatic rings. The molecule has 1 unspecified atom stereocenters. The van der Waals surface area contributed by atoms with Gasteiger partial charge in [-0.2, -0.15) is 4.79 Å². The zero-order valence-corrected chi connectivity index (χ0v) is 9.96. The highest BCUT2D eigenvalue weighted by molar-refractivity contribution is 6.28. The molecule has 1 atom stereocenters. The Morgan fingerprint density at radius 1 is 1.39 bits per heavy atom. The number of nitrogens with one attached hydrogen (secondary N) is 2. The van der Waals surface area contributed by atoms with E-state index in [4.69, 9.17) is 5.53 Å². The quantitative estimate of drug-likeness (QED) is 0.467. The summed E-state index contributed by atoms with van der Waals surface area (Å²) in [6, 6.07) is 7.69. The topological polar surface area (TPSA) is 94.6 Å². The van der Waals surface area contributed by atoms with Crippen molar-refractivity contribution in [3.63, 3.8) is 0 Å². The molecule has 6 heteroatoms. The Kier molecular flexibility index (Phi) is 5.28. The van der Waals surface area contributed by atoms with Crippen molar-refractivity contribution in [3.05, 3.63) is 35.9 Å². The number of hydrogen-bond acceptors (Lipinski definition) is 2. The summed E-state index contributed by atoms with van der Waals surface area (Å²) in [4.78, 5) is 25.7. The van der Waals surface area contributed by atoms with Gasteiger partial charge in [0.05, 0.1) is 0 Å². The average molecular weight is 246 g/mol. The Morgan fingerprint density at radius 2 is 2.06 bits per heavy atom. The average Bonchev–Trinajstić information content (AvgIpc) is 2.37. The zero-order valence-electron chi connectivity index (χ0n) is 9.96. The largest absolute Gasteiger partial charge is 0.361 e. The van der Waals surface area contributed by atoms with Crippen molar-refractivity contribution < 1.29 is 14.4 Å². The summed E-state index contributed by atoms with van der Waals surface area (Å²) in [5.74, 6) is -0.455. The van der Waals surface area contributed by atoms with Gasteiger partial charge in [-0.15, -0.1) is 0 Å². The number of para-hydroxylation sites is 1. The highest BCUT2D eigenvalue weighted by Crippen LogP contribution is 2.04. The molecule has 0 spiro atoms. The highest BCUT2D eigenvalue weighted by Gasteiger charge is 2.19. The van der Waals surface area contributed by atoms with Crippen LogP contribution in [0.2, 0.25) is 0 Å². The van der Waals surface area contributed by atoms with E-state index in [9.17, 15) is 9.59 Å². The van der Waals surface area contributed by atoms with Crippen LogP contribution in [0.1, 0.15) is 13.3 Å². The lowest BCUT2D eigenvalue weighted by Crippen LogP contribution is -2.43. The molecule has 0 aliphatic rings. The van der Waals surface area contributed by atoms with Crippen LogP contribution >= 0.6 is 0 Å². The molecule has 2 amide bonds. The number of ketones is 1. The van der Waals surface area contributed by atoms with Gasteiger partial charge in [-0.25, -0.2) is 4.79 Å². The number of rotatable bonds is 5. The highest BCUT2D eigenvalue weighted by atomic mass is 16.2. The van der Waals surface area contributed by atoms with E-state index in [-0.39, 0.29) is 0 Å². The monoisotopic (exact) mass is 246 g/mol. The van der Waals surface area contributed by atoms with E-state index in [1.165, 1.54) is 0 Å². The predicted octanol–water partition coefficient (Wildman–Crippen LogP) is 1.46. The molecule has 2 N–H and O–H groups in total. The molecule has 1 rings (SSSR count). The number of amides is 2. The summed E-state index contributed by atoms with van der Waals surface area (Å²) < 4.78 is 0. The van der Waals surface area contributed by atoms with Crippen molar-refractivity contribution in [1.82, 2.24) is 5.32 Å². The van der Waals surface area contributed by atoms with Gasteiger partial charge in [0.2, 0.25) is 0 Å². The Labute approximate surface area is 105 Å². The van der Waals surface area contributed by atoms with Crippen molar-refractivity contribution in [2.75, 3.05) is 5.32 Å². The summed E-state index contributed by atoms with van der Waals surface area (Å²) in [6.07, 6.45) is 1.18. The number of benzene rings is 1. The van der Waals surface area contributed by atoms with Gasteiger partial charge in [-0.05, 0) is 18.6 Å². The molecule has 0 heterocycles. The molecule has 0 saturated heterocycles. The molecule has 18 heavy (non-hydrogen) atoms. The molecule has 0 aromatic heterocycles.